The van der Waals surface area contributed by atoms with Gasteiger partial charge in [0.2, 0.25) is 17.8 Å². The fraction of sp³-hybridized carbons (Fsp3) is 0.636. The van der Waals surface area contributed by atoms with Crippen molar-refractivity contribution in [3.05, 3.63) is 35.5 Å². The minimum absolute atomic E-state index is 0.0789. The number of piperazine rings is 1. The predicted octanol–water partition coefficient (Wildman–Crippen LogP) is 4.02. The number of aromatic nitrogens is 4. The van der Waals surface area contributed by atoms with Gasteiger partial charge in [-0.05, 0) is 82.8 Å². The molecule has 2 aromatic heterocycles. The van der Waals surface area contributed by atoms with Crippen LogP contribution in [0.1, 0.15) is 68.5 Å². The highest BCUT2D eigenvalue weighted by Gasteiger charge is 2.32. The first-order valence-electron chi connectivity index (χ1n) is 16.5. The largest absolute Gasteiger partial charge is 0.396 e. The molecular weight excluding hydrogens is 556 g/mol. The number of carbonyl (C=O) groups is 1. The van der Waals surface area contributed by atoms with Gasteiger partial charge in [-0.2, -0.15) is 4.98 Å². The van der Waals surface area contributed by atoms with Crippen LogP contribution in [0.3, 0.4) is 0 Å². The number of β-amino-alcohol motifs (C(OH)–C–C–N with tert-alkyl or cyclic N) is 1. The number of hydrogen-bond acceptors (Lipinski definition) is 9. The molecule has 1 amide bonds. The first-order valence-corrected chi connectivity index (χ1v) is 16.5. The van der Waals surface area contributed by atoms with Crippen LogP contribution in [0.4, 0.5) is 17.6 Å². The van der Waals surface area contributed by atoms with Gasteiger partial charge in [0.15, 0.2) is 5.65 Å². The second-order valence-corrected chi connectivity index (χ2v) is 13.1. The van der Waals surface area contributed by atoms with Crippen LogP contribution in [0.5, 0.6) is 0 Å². The van der Waals surface area contributed by atoms with Gasteiger partial charge in [-0.15, -0.1) is 0 Å². The maximum atomic E-state index is 13.2. The molecule has 3 aliphatic rings. The molecule has 44 heavy (non-hydrogen) atoms. The van der Waals surface area contributed by atoms with Crippen LogP contribution in [0, 0.1) is 25.7 Å². The van der Waals surface area contributed by atoms with Crippen LogP contribution in [-0.4, -0.2) is 97.4 Å². The summed E-state index contributed by atoms with van der Waals surface area (Å²) >= 11 is 0. The van der Waals surface area contributed by atoms with Crippen LogP contribution in [0.2, 0.25) is 0 Å². The Balaban J connectivity index is 1.15. The summed E-state index contributed by atoms with van der Waals surface area (Å²) in [6.45, 7) is 8.48. The average Bonchev–Trinajstić information content (AvgIpc) is 3.40. The van der Waals surface area contributed by atoms with Gasteiger partial charge in [0.25, 0.3) is 0 Å². The first-order chi connectivity index (χ1) is 21.4. The zero-order valence-corrected chi connectivity index (χ0v) is 26.2. The van der Waals surface area contributed by atoms with Gasteiger partial charge in [-0.25, -0.2) is 9.97 Å². The lowest BCUT2D eigenvalue weighted by atomic mass is 9.85. The van der Waals surface area contributed by atoms with Crippen LogP contribution < -0.4 is 10.6 Å². The van der Waals surface area contributed by atoms with Crippen molar-refractivity contribution in [1.82, 2.24) is 29.3 Å². The number of carbonyl (C=O) groups excluding carboxylic acids is 1. The number of aliphatic hydroxyl groups excluding tert-OH is 2. The van der Waals surface area contributed by atoms with Crippen LogP contribution >= 0.6 is 0 Å². The number of nitrogens with zero attached hydrogens (tertiary/aromatic N) is 6. The Morgan fingerprint density at radius 2 is 1.70 bits per heavy atom. The number of amides is 1. The molecule has 0 bridgehead atoms. The number of anilines is 3. The van der Waals surface area contributed by atoms with E-state index in [1.165, 1.54) is 11.1 Å². The Hall–Kier alpha value is -3.28. The minimum atomic E-state index is 0.0789. The summed E-state index contributed by atoms with van der Waals surface area (Å²) in [5, 5.41) is 26.1. The SMILES string of the molecule is Cc1ccc(Nc2nc3cnc(NC4CCC(C(=O)N5CCN(CCO)CC5)CC4)nc3n2C2CCC(CO)CC2)c(C)c1. The Bertz CT molecular complexity index is 1420. The van der Waals surface area contributed by atoms with E-state index >= 15 is 0 Å². The summed E-state index contributed by atoms with van der Waals surface area (Å²) in [7, 11) is 0. The molecule has 3 aromatic rings. The molecule has 2 saturated carbocycles. The second kappa shape index (κ2) is 13.8. The zero-order valence-electron chi connectivity index (χ0n) is 26.2. The van der Waals surface area contributed by atoms with E-state index in [1.807, 2.05) is 11.1 Å². The Labute approximate surface area is 260 Å². The fourth-order valence-electron chi connectivity index (χ4n) is 7.31. The molecule has 0 unspecified atom stereocenters. The highest BCUT2D eigenvalue weighted by Crippen LogP contribution is 2.37. The fourth-order valence-corrected chi connectivity index (χ4v) is 7.31. The van der Waals surface area contributed by atoms with Crippen molar-refractivity contribution in [2.24, 2.45) is 11.8 Å². The summed E-state index contributed by atoms with van der Waals surface area (Å²) in [5.74, 6) is 2.11. The van der Waals surface area contributed by atoms with E-state index in [4.69, 9.17) is 9.97 Å². The molecule has 3 heterocycles. The van der Waals surface area contributed by atoms with E-state index in [-0.39, 0.29) is 37.1 Å². The van der Waals surface area contributed by atoms with Crippen molar-refractivity contribution in [1.29, 1.82) is 0 Å². The number of benzene rings is 1. The van der Waals surface area contributed by atoms with E-state index in [0.29, 0.717) is 18.4 Å². The molecule has 0 radical (unpaired) electrons. The molecule has 1 aliphatic heterocycles. The normalized spacial score (nSPS) is 24.9. The number of fused-ring (bicyclic) bond motifs is 1. The lowest BCUT2D eigenvalue weighted by molar-refractivity contribution is -0.138. The average molecular weight is 605 g/mol. The summed E-state index contributed by atoms with van der Waals surface area (Å²) in [4.78, 5) is 32.1. The Morgan fingerprint density at radius 3 is 2.39 bits per heavy atom. The quantitative estimate of drug-likeness (QED) is 0.286. The topological polar surface area (TPSA) is 132 Å². The van der Waals surface area contributed by atoms with E-state index in [0.717, 1.165) is 100 Å². The standard InChI is InChI=1S/C33H48N8O3/c1-22-3-12-28(23(2)19-22)36-33-37-29-20-34-32(38-30(29)41(33)27-10-4-24(21-43)5-11-27)35-26-8-6-25(7-9-26)31(44)40-15-13-39(14-16-40)17-18-42/h3,12,19-20,24-27,42-43H,4-11,13-18,21H2,1-2H3,(H,36,37)(H,34,35,38). The van der Waals surface area contributed by atoms with Crippen molar-refractivity contribution >= 4 is 34.7 Å². The predicted molar refractivity (Wildman–Crippen MR) is 172 cm³/mol. The van der Waals surface area contributed by atoms with Crippen molar-refractivity contribution in [3.8, 4) is 0 Å². The summed E-state index contributed by atoms with van der Waals surface area (Å²) in [6.07, 6.45) is 9.29. The van der Waals surface area contributed by atoms with Crippen molar-refractivity contribution in [2.75, 3.05) is 56.6 Å². The molecular formula is C33H48N8O3. The van der Waals surface area contributed by atoms with Crippen molar-refractivity contribution < 1.29 is 15.0 Å². The van der Waals surface area contributed by atoms with Crippen LogP contribution in [-0.2, 0) is 4.79 Å². The van der Waals surface area contributed by atoms with Gasteiger partial charge < -0.3 is 25.7 Å². The van der Waals surface area contributed by atoms with Gasteiger partial charge in [-0.1, -0.05) is 17.7 Å². The number of imidazole rings is 1. The van der Waals surface area contributed by atoms with E-state index in [1.54, 1.807) is 0 Å². The van der Waals surface area contributed by atoms with E-state index in [9.17, 15) is 15.0 Å². The minimum Gasteiger partial charge on any atom is -0.396 e. The van der Waals surface area contributed by atoms with Crippen LogP contribution in [0.25, 0.3) is 11.2 Å². The highest BCUT2D eigenvalue weighted by atomic mass is 16.3. The van der Waals surface area contributed by atoms with Gasteiger partial charge in [0.1, 0.15) is 5.52 Å². The summed E-state index contributed by atoms with van der Waals surface area (Å²) < 4.78 is 2.25. The number of hydrogen-bond donors (Lipinski definition) is 4. The Kier molecular flexibility index (Phi) is 9.63. The van der Waals surface area contributed by atoms with Gasteiger partial charge in [-0.3, -0.25) is 14.3 Å². The molecule has 0 spiro atoms. The van der Waals surface area contributed by atoms with Gasteiger partial charge in [0.05, 0.1) is 12.8 Å². The lowest BCUT2D eigenvalue weighted by Crippen LogP contribution is -2.51. The monoisotopic (exact) mass is 604 g/mol. The third-order valence-corrected chi connectivity index (χ3v) is 10.0. The molecule has 0 atom stereocenters. The number of aliphatic hydroxyl groups is 2. The maximum Gasteiger partial charge on any atom is 0.225 e. The van der Waals surface area contributed by atoms with Crippen LogP contribution in [0.15, 0.2) is 24.4 Å². The Morgan fingerprint density at radius 1 is 0.955 bits per heavy atom. The van der Waals surface area contributed by atoms with Gasteiger partial charge in [0, 0.05) is 63.0 Å². The van der Waals surface area contributed by atoms with Crippen molar-refractivity contribution in [2.45, 2.75) is 77.3 Å². The number of rotatable bonds is 9. The molecule has 4 N–H and O–H groups in total. The van der Waals surface area contributed by atoms with E-state index in [2.05, 4.69) is 57.1 Å². The smallest absolute Gasteiger partial charge is 0.225 e. The molecule has 238 valence electrons. The summed E-state index contributed by atoms with van der Waals surface area (Å²) in [6, 6.07) is 6.85. The molecule has 3 fully saturated rings. The lowest BCUT2D eigenvalue weighted by Gasteiger charge is -2.37. The molecule has 2 aliphatic carbocycles. The maximum absolute atomic E-state index is 13.2. The molecule has 1 saturated heterocycles. The molecule has 11 nitrogen and oxygen atoms in total. The van der Waals surface area contributed by atoms with Crippen molar-refractivity contribution in [3.63, 3.8) is 0 Å². The number of nitrogens with one attached hydrogen (secondary N) is 2. The van der Waals surface area contributed by atoms with Gasteiger partial charge >= 0.3 is 0 Å². The summed E-state index contributed by atoms with van der Waals surface area (Å²) in [5.41, 5.74) is 5.01. The third kappa shape index (κ3) is 6.84. The first kappa shape index (κ1) is 30.7. The third-order valence-electron chi connectivity index (χ3n) is 10.0. The second-order valence-electron chi connectivity index (χ2n) is 13.1. The zero-order chi connectivity index (χ0) is 30.6. The molecule has 11 heteroatoms. The highest BCUT2D eigenvalue weighted by molar-refractivity contribution is 5.79. The molecule has 6 rings (SSSR count). The molecule has 1 aromatic carbocycles. The van der Waals surface area contributed by atoms with E-state index < -0.39 is 0 Å². The number of aryl methyl sites for hydroxylation is 2.